The summed E-state index contributed by atoms with van der Waals surface area (Å²) in [5, 5.41) is 10.9. The van der Waals surface area contributed by atoms with Gasteiger partial charge < -0.3 is 15.2 Å². The van der Waals surface area contributed by atoms with Crippen LogP contribution in [0.3, 0.4) is 0 Å². The fraction of sp³-hybridized carbons (Fsp3) is 0.182. The fourth-order valence-electron chi connectivity index (χ4n) is 1.20. The zero-order chi connectivity index (χ0) is 13.7. The molecular weight excluding hydrogens is 262 g/mol. The lowest BCUT2D eigenvalue weighted by Crippen LogP contribution is -2.16. The summed E-state index contributed by atoms with van der Waals surface area (Å²) in [4.78, 5) is 32.9. The monoisotopic (exact) mass is 271 g/mol. The molecule has 6 nitrogen and oxygen atoms in total. The molecule has 1 aromatic carbocycles. The molecule has 1 amide bonds. The first-order valence-electron chi connectivity index (χ1n) is 4.83. The first-order valence-corrected chi connectivity index (χ1v) is 5.21. The van der Waals surface area contributed by atoms with Gasteiger partial charge in [-0.3, -0.25) is 9.59 Å². The van der Waals surface area contributed by atoms with Gasteiger partial charge in [0.15, 0.2) is 0 Å². The highest BCUT2D eigenvalue weighted by molar-refractivity contribution is 6.34. The van der Waals surface area contributed by atoms with Gasteiger partial charge in [-0.1, -0.05) is 11.6 Å². The van der Waals surface area contributed by atoms with Crippen molar-refractivity contribution in [3.63, 3.8) is 0 Å². The van der Waals surface area contributed by atoms with Gasteiger partial charge in [-0.25, -0.2) is 4.79 Å². The molecule has 0 aliphatic carbocycles. The largest absolute Gasteiger partial charge is 0.481 e. The van der Waals surface area contributed by atoms with Gasteiger partial charge in [0.25, 0.3) is 0 Å². The third-order valence-electron chi connectivity index (χ3n) is 1.97. The molecule has 0 saturated carbocycles. The second-order valence-corrected chi connectivity index (χ2v) is 3.71. The molecule has 0 bridgehead atoms. The number of amides is 1. The number of ether oxygens (including phenoxy) is 1. The van der Waals surface area contributed by atoms with Crippen molar-refractivity contribution in [2.75, 3.05) is 12.4 Å². The summed E-state index contributed by atoms with van der Waals surface area (Å²) < 4.78 is 4.51. The fourth-order valence-corrected chi connectivity index (χ4v) is 1.36. The van der Waals surface area contributed by atoms with E-state index < -0.39 is 24.3 Å². The minimum absolute atomic E-state index is 0.158. The predicted octanol–water partition coefficient (Wildman–Crippen LogP) is 1.54. The van der Waals surface area contributed by atoms with E-state index in [1.807, 2.05) is 0 Å². The molecule has 0 saturated heterocycles. The van der Waals surface area contributed by atoms with Crippen molar-refractivity contribution >= 4 is 35.1 Å². The third-order valence-corrected chi connectivity index (χ3v) is 2.30. The zero-order valence-electron chi connectivity index (χ0n) is 9.40. The summed E-state index contributed by atoms with van der Waals surface area (Å²) >= 11 is 5.81. The third kappa shape index (κ3) is 3.74. The molecular formula is C11H10ClNO5. The normalized spacial score (nSPS) is 9.67. The second kappa shape index (κ2) is 6.02. The van der Waals surface area contributed by atoms with E-state index in [2.05, 4.69) is 10.1 Å². The number of halogens is 1. The first-order chi connectivity index (χ1) is 8.43. The van der Waals surface area contributed by atoms with Crippen LogP contribution in [0, 0.1) is 0 Å². The molecule has 18 heavy (non-hydrogen) atoms. The summed E-state index contributed by atoms with van der Waals surface area (Å²) in [6, 6.07) is 4.15. The summed E-state index contributed by atoms with van der Waals surface area (Å²) in [6.45, 7) is 0. The van der Waals surface area contributed by atoms with E-state index in [1.165, 1.54) is 25.3 Å². The number of carboxylic acids is 1. The Morgan fingerprint density at radius 2 is 2.06 bits per heavy atom. The SMILES string of the molecule is COC(=O)c1ccc(Cl)c(NC(=O)CC(=O)O)c1. The molecule has 1 aromatic rings. The molecule has 0 atom stereocenters. The number of nitrogens with one attached hydrogen (secondary N) is 1. The Morgan fingerprint density at radius 3 is 2.61 bits per heavy atom. The molecule has 0 unspecified atom stereocenters. The van der Waals surface area contributed by atoms with Gasteiger partial charge in [0.05, 0.1) is 23.4 Å². The summed E-state index contributed by atoms with van der Waals surface area (Å²) in [7, 11) is 1.22. The van der Waals surface area contributed by atoms with Gasteiger partial charge in [0.1, 0.15) is 6.42 Å². The lowest BCUT2D eigenvalue weighted by atomic mass is 10.2. The standard InChI is InChI=1S/C11H10ClNO5/c1-18-11(17)6-2-3-7(12)8(4-6)13-9(14)5-10(15)16/h2-4H,5H2,1H3,(H,13,14)(H,15,16). The quantitative estimate of drug-likeness (QED) is 0.640. The minimum Gasteiger partial charge on any atom is -0.481 e. The molecule has 0 aliphatic heterocycles. The number of benzene rings is 1. The first kappa shape index (κ1) is 14.0. The molecule has 96 valence electrons. The van der Waals surface area contributed by atoms with Crippen molar-refractivity contribution in [1.82, 2.24) is 0 Å². The summed E-state index contributed by atoms with van der Waals surface area (Å²) in [5.74, 6) is -2.57. The van der Waals surface area contributed by atoms with Crippen LogP contribution in [0.4, 0.5) is 5.69 Å². The molecule has 0 spiro atoms. The molecule has 0 fully saturated rings. The maximum atomic E-state index is 11.3. The van der Waals surface area contributed by atoms with Gasteiger partial charge in [-0.05, 0) is 18.2 Å². The Kier molecular flexibility index (Phi) is 4.67. The number of carbonyl (C=O) groups is 3. The number of hydrogen-bond donors (Lipinski definition) is 2. The predicted molar refractivity (Wildman–Crippen MR) is 63.7 cm³/mol. The Labute approximate surface area is 108 Å². The summed E-state index contributed by atoms with van der Waals surface area (Å²) in [6.07, 6.45) is -0.682. The lowest BCUT2D eigenvalue weighted by Gasteiger charge is -2.07. The van der Waals surface area contributed by atoms with E-state index >= 15 is 0 Å². The maximum absolute atomic E-state index is 11.3. The van der Waals surface area contributed by atoms with Crippen LogP contribution in [0.25, 0.3) is 0 Å². The Morgan fingerprint density at radius 1 is 1.39 bits per heavy atom. The smallest absolute Gasteiger partial charge is 0.337 e. The van der Waals surface area contributed by atoms with Crippen molar-refractivity contribution in [1.29, 1.82) is 0 Å². The van der Waals surface area contributed by atoms with Crippen molar-refractivity contribution in [3.8, 4) is 0 Å². The van der Waals surface area contributed by atoms with E-state index in [1.54, 1.807) is 0 Å². The highest BCUT2D eigenvalue weighted by Gasteiger charge is 2.13. The van der Waals surface area contributed by atoms with Crippen LogP contribution in [0.2, 0.25) is 5.02 Å². The number of rotatable bonds is 4. The van der Waals surface area contributed by atoms with Crippen LogP contribution in [0.5, 0.6) is 0 Å². The highest BCUT2D eigenvalue weighted by Crippen LogP contribution is 2.23. The minimum atomic E-state index is -1.26. The van der Waals surface area contributed by atoms with Gasteiger partial charge in [0.2, 0.25) is 5.91 Å². The summed E-state index contributed by atoms with van der Waals surface area (Å²) in [5.41, 5.74) is 0.360. The molecule has 0 aromatic heterocycles. The van der Waals surface area contributed by atoms with Crippen LogP contribution < -0.4 is 5.32 Å². The van der Waals surface area contributed by atoms with E-state index in [4.69, 9.17) is 16.7 Å². The van der Waals surface area contributed by atoms with E-state index in [-0.39, 0.29) is 16.3 Å². The van der Waals surface area contributed by atoms with Crippen LogP contribution >= 0.6 is 11.6 Å². The van der Waals surface area contributed by atoms with Crippen LogP contribution in [0.15, 0.2) is 18.2 Å². The van der Waals surface area contributed by atoms with Gasteiger partial charge in [0, 0.05) is 0 Å². The van der Waals surface area contributed by atoms with Crippen LogP contribution in [0.1, 0.15) is 16.8 Å². The second-order valence-electron chi connectivity index (χ2n) is 3.30. The molecule has 0 heterocycles. The number of aliphatic carboxylic acids is 1. The van der Waals surface area contributed by atoms with Gasteiger partial charge in [-0.2, -0.15) is 0 Å². The average Bonchev–Trinajstić information content (AvgIpc) is 2.30. The number of carboxylic acid groups (broad SMARTS) is 1. The van der Waals surface area contributed by atoms with Gasteiger partial charge >= 0.3 is 11.9 Å². The Bertz CT molecular complexity index is 500. The van der Waals surface area contributed by atoms with Gasteiger partial charge in [-0.15, -0.1) is 0 Å². The maximum Gasteiger partial charge on any atom is 0.337 e. The number of carbonyl (C=O) groups excluding carboxylic acids is 2. The topological polar surface area (TPSA) is 92.7 Å². The van der Waals surface area contributed by atoms with Crippen LogP contribution in [-0.4, -0.2) is 30.1 Å². The Hall–Kier alpha value is -2.08. The number of hydrogen-bond acceptors (Lipinski definition) is 4. The van der Waals surface area contributed by atoms with Crippen LogP contribution in [-0.2, 0) is 14.3 Å². The van der Waals surface area contributed by atoms with E-state index in [0.29, 0.717) is 0 Å². The number of esters is 1. The molecule has 1 rings (SSSR count). The molecule has 0 aliphatic rings. The molecule has 2 N–H and O–H groups in total. The van der Waals surface area contributed by atoms with E-state index in [9.17, 15) is 14.4 Å². The van der Waals surface area contributed by atoms with Crippen molar-refractivity contribution in [2.45, 2.75) is 6.42 Å². The Balaban J connectivity index is 2.91. The van der Waals surface area contributed by atoms with Crippen molar-refractivity contribution < 1.29 is 24.2 Å². The van der Waals surface area contributed by atoms with Crippen molar-refractivity contribution in [2.24, 2.45) is 0 Å². The number of methoxy groups -OCH3 is 1. The molecule has 0 radical (unpaired) electrons. The van der Waals surface area contributed by atoms with Crippen molar-refractivity contribution in [3.05, 3.63) is 28.8 Å². The number of anilines is 1. The average molecular weight is 272 g/mol. The highest BCUT2D eigenvalue weighted by atomic mass is 35.5. The molecule has 7 heteroatoms. The van der Waals surface area contributed by atoms with E-state index in [0.717, 1.165) is 0 Å². The lowest BCUT2D eigenvalue weighted by molar-refractivity contribution is -0.139. The zero-order valence-corrected chi connectivity index (χ0v) is 10.2.